The predicted octanol–water partition coefficient (Wildman–Crippen LogP) is 4.05. The summed E-state index contributed by atoms with van der Waals surface area (Å²) in [6.07, 6.45) is -0.107. The van der Waals surface area contributed by atoms with E-state index in [0.29, 0.717) is 16.6 Å². The van der Waals surface area contributed by atoms with Crippen molar-refractivity contribution >= 4 is 35.1 Å². The number of hydrogen-bond donors (Lipinski definition) is 3. The Kier molecular flexibility index (Phi) is 6.14. The first kappa shape index (κ1) is 21.8. The minimum atomic E-state index is -0.909. The molecule has 2 amide bonds. The molecule has 4 rings (SSSR count). The molecule has 0 aliphatic carbocycles. The highest BCUT2D eigenvalue weighted by Gasteiger charge is 2.34. The zero-order chi connectivity index (χ0) is 22.8. The van der Waals surface area contributed by atoms with Crippen LogP contribution < -0.4 is 16.2 Å². The quantitative estimate of drug-likeness (QED) is 0.403. The van der Waals surface area contributed by atoms with Crippen molar-refractivity contribution < 1.29 is 9.59 Å². The Hall–Kier alpha value is -3.39. The molecule has 0 saturated heterocycles. The number of carbonyl (C=O) groups is 2. The van der Waals surface area contributed by atoms with Gasteiger partial charge in [0.15, 0.2) is 5.16 Å². The van der Waals surface area contributed by atoms with Crippen LogP contribution in [0.4, 0.5) is 11.5 Å². The Morgan fingerprint density at radius 1 is 1.09 bits per heavy atom. The van der Waals surface area contributed by atoms with Crippen molar-refractivity contribution in [3.63, 3.8) is 0 Å². The van der Waals surface area contributed by atoms with Gasteiger partial charge in [0.05, 0.1) is 11.5 Å². The first-order valence-corrected chi connectivity index (χ1v) is 11.3. The number of benzene rings is 2. The molecule has 0 spiro atoms. The van der Waals surface area contributed by atoms with E-state index in [4.69, 9.17) is 0 Å². The van der Waals surface area contributed by atoms with Crippen molar-refractivity contribution in [2.45, 2.75) is 44.0 Å². The van der Waals surface area contributed by atoms with Gasteiger partial charge in [-0.25, -0.2) is 4.98 Å². The number of nitrogens with one attached hydrogen (secondary N) is 3. The van der Waals surface area contributed by atoms with Crippen LogP contribution in [-0.4, -0.2) is 21.8 Å². The lowest BCUT2D eigenvalue weighted by Gasteiger charge is -2.23. The molecule has 1 aliphatic rings. The third kappa shape index (κ3) is 4.75. The van der Waals surface area contributed by atoms with E-state index in [0.717, 1.165) is 16.7 Å². The van der Waals surface area contributed by atoms with Crippen LogP contribution in [0.15, 0.2) is 52.4 Å². The molecular weight excluding hydrogens is 424 g/mol. The molecule has 32 heavy (non-hydrogen) atoms. The molecule has 0 radical (unpaired) electrons. The molecule has 1 aromatic heterocycles. The molecule has 2 heterocycles. The molecule has 0 saturated carbocycles. The molecule has 8 heteroatoms. The second-order valence-electron chi connectivity index (χ2n) is 8.00. The summed E-state index contributed by atoms with van der Waals surface area (Å²) < 4.78 is 0. The standard InChI is InChI=1S/C24H24N4O3S/c1-13-4-7-16(8-5-13)12-32-24-27-21-20(23(31)28-24)18(11-19(29)26-21)22(30)25-17-9-6-14(2)15(3)10-17/h4-10,18H,11-12H2,1-3H3,(H,25,30)(H2,26,27,28,29,31)/t18-/m1/s1. The van der Waals surface area contributed by atoms with Crippen LogP contribution in [-0.2, 0) is 15.3 Å². The molecule has 0 unspecified atom stereocenters. The smallest absolute Gasteiger partial charge is 0.257 e. The summed E-state index contributed by atoms with van der Waals surface area (Å²) in [6, 6.07) is 13.7. The fraction of sp³-hybridized carbons (Fsp3) is 0.250. The Morgan fingerprint density at radius 2 is 1.84 bits per heavy atom. The maximum absolute atomic E-state index is 13.0. The summed E-state index contributed by atoms with van der Waals surface area (Å²) in [5, 5.41) is 5.87. The Labute approximate surface area is 190 Å². The lowest BCUT2D eigenvalue weighted by Crippen LogP contribution is -2.36. The van der Waals surface area contributed by atoms with E-state index in [1.54, 1.807) is 6.07 Å². The maximum atomic E-state index is 13.0. The topological polar surface area (TPSA) is 104 Å². The lowest BCUT2D eigenvalue weighted by atomic mass is 9.92. The first-order chi connectivity index (χ1) is 15.3. The lowest BCUT2D eigenvalue weighted by molar-refractivity contribution is -0.123. The van der Waals surface area contributed by atoms with Crippen molar-refractivity contribution in [2.24, 2.45) is 0 Å². The number of aromatic nitrogens is 2. The zero-order valence-corrected chi connectivity index (χ0v) is 18.9. The van der Waals surface area contributed by atoms with Crippen molar-refractivity contribution in [1.82, 2.24) is 9.97 Å². The summed E-state index contributed by atoms with van der Waals surface area (Å²) in [5.74, 6) is -0.890. The van der Waals surface area contributed by atoms with Crippen LogP contribution in [0.1, 0.15) is 40.2 Å². The average Bonchev–Trinajstić information content (AvgIpc) is 2.75. The summed E-state index contributed by atoms with van der Waals surface area (Å²) in [5.41, 5.74) is 4.82. The molecule has 2 aromatic carbocycles. The van der Waals surface area contributed by atoms with Gasteiger partial charge in [0.2, 0.25) is 11.8 Å². The number of hydrogen-bond acceptors (Lipinski definition) is 5. The highest BCUT2D eigenvalue weighted by molar-refractivity contribution is 7.98. The normalized spacial score (nSPS) is 15.1. The molecule has 1 atom stereocenters. The molecule has 0 fully saturated rings. The molecule has 164 valence electrons. The van der Waals surface area contributed by atoms with E-state index < -0.39 is 17.4 Å². The monoisotopic (exact) mass is 448 g/mol. The van der Waals surface area contributed by atoms with Gasteiger partial charge in [-0.05, 0) is 49.6 Å². The number of anilines is 2. The molecular formula is C24H24N4O3S. The number of aromatic amines is 1. The minimum absolute atomic E-state index is 0.107. The van der Waals surface area contributed by atoms with Crippen LogP contribution in [0.5, 0.6) is 0 Å². The molecule has 7 nitrogen and oxygen atoms in total. The maximum Gasteiger partial charge on any atom is 0.257 e. The highest BCUT2D eigenvalue weighted by Crippen LogP contribution is 2.31. The van der Waals surface area contributed by atoms with Gasteiger partial charge in [0.1, 0.15) is 5.82 Å². The third-order valence-electron chi connectivity index (χ3n) is 5.52. The van der Waals surface area contributed by atoms with Gasteiger partial charge >= 0.3 is 0 Å². The number of fused-ring (bicyclic) bond motifs is 1. The Balaban J connectivity index is 1.56. The van der Waals surface area contributed by atoms with Crippen LogP contribution in [0.3, 0.4) is 0 Å². The minimum Gasteiger partial charge on any atom is -0.326 e. The van der Waals surface area contributed by atoms with Gasteiger partial charge in [0, 0.05) is 17.9 Å². The molecule has 1 aliphatic heterocycles. The van der Waals surface area contributed by atoms with Crippen molar-refractivity contribution in [2.75, 3.05) is 10.6 Å². The van der Waals surface area contributed by atoms with Gasteiger partial charge in [-0.2, -0.15) is 0 Å². The van der Waals surface area contributed by atoms with Crippen LogP contribution >= 0.6 is 11.8 Å². The highest BCUT2D eigenvalue weighted by atomic mass is 32.2. The number of carbonyl (C=O) groups excluding carboxylic acids is 2. The third-order valence-corrected chi connectivity index (χ3v) is 6.46. The summed E-state index contributed by atoms with van der Waals surface area (Å²) in [6.45, 7) is 5.97. The van der Waals surface area contributed by atoms with Gasteiger partial charge in [-0.15, -0.1) is 0 Å². The molecule has 0 bridgehead atoms. The Bertz CT molecular complexity index is 1250. The van der Waals surface area contributed by atoms with E-state index in [1.807, 2.05) is 57.2 Å². The number of amides is 2. The fourth-order valence-electron chi connectivity index (χ4n) is 3.53. The van der Waals surface area contributed by atoms with E-state index in [1.165, 1.54) is 17.3 Å². The number of aryl methyl sites for hydroxylation is 3. The van der Waals surface area contributed by atoms with Crippen molar-refractivity contribution in [3.05, 3.63) is 80.6 Å². The Morgan fingerprint density at radius 3 is 2.56 bits per heavy atom. The second kappa shape index (κ2) is 9.00. The summed E-state index contributed by atoms with van der Waals surface area (Å²) in [7, 11) is 0. The number of thioether (sulfide) groups is 1. The summed E-state index contributed by atoms with van der Waals surface area (Å²) >= 11 is 1.36. The predicted molar refractivity (Wildman–Crippen MR) is 126 cm³/mol. The van der Waals surface area contributed by atoms with E-state index >= 15 is 0 Å². The average molecular weight is 449 g/mol. The largest absolute Gasteiger partial charge is 0.326 e. The van der Waals surface area contributed by atoms with Crippen LogP contribution in [0.25, 0.3) is 0 Å². The number of rotatable bonds is 5. The van der Waals surface area contributed by atoms with E-state index in [-0.39, 0.29) is 23.7 Å². The van der Waals surface area contributed by atoms with Crippen LogP contribution in [0, 0.1) is 20.8 Å². The molecule has 3 aromatic rings. The van der Waals surface area contributed by atoms with Gasteiger partial charge in [0.25, 0.3) is 5.56 Å². The molecule has 3 N–H and O–H groups in total. The first-order valence-electron chi connectivity index (χ1n) is 10.3. The number of H-pyrrole nitrogens is 1. The van der Waals surface area contributed by atoms with E-state index in [9.17, 15) is 14.4 Å². The zero-order valence-electron chi connectivity index (χ0n) is 18.1. The van der Waals surface area contributed by atoms with Gasteiger partial charge in [-0.1, -0.05) is 47.7 Å². The van der Waals surface area contributed by atoms with Crippen molar-refractivity contribution in [1.29, 1.82) is 0 Å². The second-order valence-corrected chi connectivity index (χ2v) is 8.96. The van der Waals surface area contributed by atoms with Crippen molar-refractivity contribution in [3.8, 4) is 0 Å². The van der Waals surface area contributed by atoms with Gasteiger partial charge < -0.3 is 15.6 Å². The fourth-order valence-corrected chi connectivity index (χ4v) is 4.34. The van der Waals surface area contributed by atoms with Gasteiger partial charge in [-0.3, -0.25) is 14.4 Å². The summed E-state index contributed by atoms with van der Waals surface area (Å²) in [4.78, 5) is 45.3. The van der Waals surface area contributed by atoms with Crippen LogP contribution in [0.2, 0.25) is 0 Å². The SMILES string of the molecule is Cc1ccc(CSc2nc3c(c(=O)[nH]2)[C@H](C(=O)Nc2ccc(C)c(C)c2)CC(=O)N3)cc1. The number of nitrogens with zero attached hydrogens (tertiary/aromatic N) is 1. The van der Waals surface area contributed by atoms with E-state index in [2.05, 4.69) is 20.6 Å².